The molecule has 3 nitrogen and oxygen atoms in total. The van der Waals surface area contributed by atoms with E-state index in [0.29, 0.717) is 0 Å². The van der Waals surface area contributed by atoms with Crippen LogP contribution in [0.5, 0.6) is 0 Å². The van der Waals surface area contributed by atoms with Crippen LogP contribution in [0.2, 0.25) is 0 Å². The molecule has 0 aliphatic rings. The van der Waals surface area contributed by atoms with E-state index in [9.17, 15) is 0 Å². The summed E-state index contributed by atoms with van der Waals surface area (Å²) in [6.07, 6.45) is 2.72. The fourth-order valence-corrected chi connectivity index (χ4v) is 0.175. The van der Waals surface area contributed by atoms with E-state index in [0.717, 1.165) is 0 Å². The molecule has 0 saturated carbocycles. The topological polar surface area (TPSA) is 45.0 Å². The van der Waals surface area contributed by atoms with Gasteiger partial charge in [-0.1, -0.05) is 0 Å². The van der Waals surface area contributed by atoms with Gasteiger partial charge in [0.1, 0.15) is 5.76 Å². The molecule has 0 aromatic heterocycles. The molecule has 44 valence electrons. The smallest absolute Gasteiger partial charge is 0.131 e. The molecule has 0 rings (SSSR count). The quantitative estimate of drug-likeness (QED) is 0.325. The Morgan fingerprint density at radius 2 is 2.38 bits per heavy atom. The first kappa shape index (κ1) is 6.88. The molecule has 1 N–H and O–H groups in total. The number of nitrogens with zero attached hydrogens (tertiary/aromatic N) is 2. The van der Waals surface area contributed by atoms with Crippen LogP contribution < -0.4 is 0 Å². The Hall–Kier alpha value is -1.12. The maximum absolute atomic E-state index is 8.61. The van der Waals surface area contributed by atoms with Gasteiger partial charge < -0.3 is 5.11 Å². The molecule has 0 aromatic rings. The lowest BCUT2D eigenvalue weighted by atomic mass is 10.5. The van der Waals surface area contributed by atoms with Gasteiger partial charge in [0.25, 0.3) is 0 Å². The standard InChI is InChI=1S/C5H8N2O/c1-3-5(8)4-7-6-2/h3-4,8H,2H2,1H3/b5-3+,7-4-. The average Bonchev–Trinajstić information content (AvgIpc) is 1.83. The number of hydrogen-bond donors (Lipinski definition) is 1. The first-order chi connectivity index (χ1) is 3.81. The van der Waals surface area contributed by atoms with Crippen molar-refractivity contribution in [3.05, 3.63) is 11.8 Å². The van der Waals surface area contributed by atoms with Crippen molar-refractivity contribution in [2.24, 2.45) is 10.2 Å². The minimum absolute atomic E-state index is 0.0948. The molecule has 0 bridgehead atoms. The van der Waals surface area contributed by atoms with Crippen LogP contribution in [0.1, 0.15) is 6.92 Å². The van der Waals surface area contributed by atoms with Crippen LogP contribution >= 0.6 is 0 Å². The predicted molar refractivity (Wildman–Crippen MR) is 34.4 cm³/mol. The summed E-state index contributed by atoms with van der Waals surface area (Å²) in [5.41, 5.74) is 0. The summed E-state index contributed by atoms with van der Waals surface area (Å²) in [6.45, 7) is 4.78. The normalized spacial score (nSPS) is 12.4. The molecule has 0 aliphatic heterocycles. The zero-order valence-corrected chi connectivity index (χ0v) is 4.70. The van der Waals surface area contributed by atoms with Crippen molar-refractivity contribution < 1.29 is 5.11 Å². The molecule has 0 spiro atoms. The van der Waals surface area contributed by atoms with Crippen molar-refractivity contribution in [3.63, 3.8) is 0 Å². The maximum Gasteiger partial charge on any atom is 0.131 e. The van der Waals surface area contributed by atoms with Gasteiger partial charge in [0.05, 0.1) is 6.21 Å². The molecular weight excluding hydrogens is 104 g/mol. The van der Waals surface area contributed by atoms with Crippen LogP contribution in [0.25, 0.3) is 0 Å². The van der Waals surface area contributed by atoms with E-state index in [2.05, 4.69) is 16.9 Å². The Balaban J connectivity index is 3.69. The Labute approximate surface area is 48.1 Å². The lowest BCUT2D eigenvalue weighted by Crippen LogP contribution is -1.77. The number of allylic oxidation sites excluding steroid dienone is 2. The van der Waals surface area contributed by atoms with Gasteiger partial charge in [-0.2, -0.15) is 10.2 Å². The second-order valence-electron chi connectivity index (χ2n) is 1.10. The van der Waals surface area contributed by atoms with Crippen molar-refractivity contribution in [1.82, 2.24) is 0 Å². The van der Waals surface area contributed by atoms with Gasteiger partial charge in [0, 0.05) is 6.72 Å². The maximum atomic E-state index is 8.61. The SMILES string of the molecule is C=N/N=C\C(O)=C/C. The van der Waals surface area contributed by atoms with Crippen LogP contribution in [0.3, 0.4) is 0 Å². The largest absolute Gasteiger partial charge is 0.507 e. The zero-order valence-electron chi connectivity index (χ0n) is 4.70. The summed E-state index contributed by atoms with van der Waals surface area (Å²) in [4.78, 5) is 0. The third kappa shape index (κ3) is 3.08. The molecule has 0 fully saturated rings. The van der Waals surface area contributed by atoms with Gasteiger partial charge in [-0.25, -0.2) is 0 Å². The predicted octanol–water partition coefficient (Wildman–Crippen LogP) is 1.13. The highest BCUT2D eigenvalue weighted by atomic mass is 16.3. The molecular formula is C5H8N2O. The molecule has 0 radical (unpaired) electrons. The highest BCUT2D eigenvalue weighted by molar-refractivity contribution is 5.74. The highest BCUT2D eigenvalue weighted by Gasteiger charge is 1.76. The first-order valence-electron chi connectivity index (χ1n) is 2.15. The Morgan fingerprint density at radius 3 is 2.75 bits per heavy atom. The first-order valence-corrected chi connectivity index (χ1v) is 2.15. The lowest BCUT2D eigenvalue weighted by molar-refractivity contribution is 0.445. The van der Waals surface area contributed by atoms with Gasteiger partial charge >= 0.3 is 0 Å². The van der Waals surface area contributed by atoms with E-state index in [-0.39, 0.29) is 5.76 Å². The lowest BCUT2D eigenvalue weighted by Gasteiger charge is -1.80. The Bertz CT molecular complexity index is 126. The Morgan fingerprint density at radius 1 is 1.75 bits per heavy atom. The number of rotatable bonds is 2. The highest BCUT2D eigenvalue weighted by Crippen LogP contribution is 1.79. The van der Waals surface area contributed by atoms with Crippen molar-refractivity contribution in [2.75, 3.05) is 0 Å². The second-order valence-corrected chi connectivity index (χ2v) is 1.10. The number of aliphatic hydroxyl groups is 1. The fraction of sp³-hybridized carbons (Fsp3) is 0.200. The molecule has 0 unspecified atom stereocenters. The van der Waals surface area contributed by atoms with Crippen molar-refractivity contribution >= 4 is 12.9 Å². The summed E-state index contributed by atoms with van der Waals surface area (Å²) >= 11 is 0. The fourth-order valence-electron chi connectivity index (χ4n) is 0.175. The van der Waals surface area contributed by atoms with Gasteiger partial charge in [-0.05, 0) is 13.0 Å². The molecule has 8 heavy (non-hydrogen) atoms. The molecule has 0 aromatic carbocycles. The second kappa shape index (κ2) is 4.05. The number of hydrogen-bond acceptors (Lipinski definition) is 3. The van der Waals surface area contributed by atoms with Crippen LogP contribution in [-0.2, 0) is 0 Å². The summed E-state index contributed by atoms with van der Waals surface area (Å²) in [7, 11) is 0. The number of aliphatic hydroxyl groups excluding tert-OH is 1. The molecule has 0 aliphatic carbocycles. The van der Waals surface area contributed by atoms with Crippen molar-refractivity contribution in [3.8, 4) is 0 Å². The average molecular weight is 112 g/mol. The zero-order chi connectivity index (χ0) is 6.41. The van der Waals surface area contributed by atoms with E-state index in [1.165, 1.54) is 12.3 Å². The van der Waals surface area contributed by atoms with Crippen molar-refractivity contribution in [2.45, 2.75) is 6.92 Å². The van der Waals surface area contributed by atoms with E-state index in [1.54, 1.807) is 6.92 Å². The summed E-state index contributed by atoms with van der Waals surface area (Å²) in [5, 5.41) is 15.1. The van der Waals surface area contributed by atoms with E-state index >= 15 is 0 Å². The summed E-state index contributed by atoms with van der Waals surface area (Å²) < 4.78 is 0. The molecule has 0 atom stereocenters. The van der Waals surface area contributed by atoms with Gasteiger partial charge in [-0.15, -0.1) is 0 Å². The van der Waals surface area contributed by atoms with Crippen LogP contribution in [0.15, 0.2) is 22.0 Å². The van der Waals surface area contributed by atoms with E-state index < -0.39 is 0 Å². The third-order valence-corrected chi connectivity index (χ3v) is 0.567. The molecule has 3 heteroatoms. The van der Waals surface area contributed by atoms with E-state index in [4.69, 9.17) is 5.11 Å². The minimum Gasteiger partial charge on any atom is -0.507 e. The van der Waals surface area contributed by atoms with Gasteiger partial charge in [0.15, 0.2) is 0 Å². The van der Waals surface area contributed by atoms with Crippen LogP contribution in [0.4, 0.5) is 0 Å². The van der Waals surface area contributed by atoms with Crippen molar-refractivity contribution in [1.29, 1.82) is 0 Å². The van der Waals surface area contributed by atoms with Gasteiger partial charge in [-0.3, -0.25) is 0 Å². The third-order valence-electron chi connectivity index (χ3n) is 0.567. The molecule has 0 saturated heterocycles. The molecule has 0 amide bonds. The monoisotopic (exact) mass is 112 g/mol. The van der Waals surface area contributed by atoms with Gasteiger partial charge in [0.2, 0.25) is 0 Å². The summed E-state index contributed by atoms with van der Waals surface area (Å²) in [5.74, 6) is 0.0948. The minimum atomic E-state index is 0.0948. The van der Waals surface area contributed by atoms with E-state index in [1.807, 2.05) is 0 Å². The van der Waals surface area contributed by atoms with Crippen LogP contribution in [-0.4, -0.2) is 18.0 Å². The summed E-state index contributed by atoms with van der Waals surface area (Å²) in [6, 6.07) is 0. The molecule has 0 heterocycles. The Kier molecular flexibility index (Phi) is 3.48. The van der Waals surface area contributed by atoms with Crippen LogP contribution in [0, 0.1) is 0 Å².